The molecule has 3 heterocycles. The molecule has 2 fully saturated rings. The lowest BCUT2D eigenvalue weighted by Crippen LogP contribution is -2.53. The van der Waals surface area contributed by atoms with Gasteiger partial charge in [0.25, 0.3) is 0 Å². The van der Waals surface area contributed by atoms with Crippen LogP contribution in [0.3, 0.4) is 0 Å². The summed E-state index contributed by atoms with van der Waals surface area (Å²) in [7, 11) is 0. The van der Waals surface area contributed by atoms with Gasteiger partial charge in [0.1, 0.15) is 11.4 Å². The number of fused-ring (bicyclic) bond motifs is 4. The number of carbonyl (C=O) groups is 3. The van der Waals surface area contributed by atoms with Crippen LogP contribution in [0.2, 0.25) is 0 Å². The van der Waals surface area contributed by atoms with Gasteiger partial charge in [-0.1, -0.05) is 6.92 Å². The highest BCUT2D eigenvalue weighted by Crippen LogP contribution is 2.53. The van der Waals surface area contributed by atoms with Gasteiger partial charge in [0.2, 0.25) is 17.7 Å². The Kier molecular flexibility index (Phi) is 3.31. The quantitative estimate of drug-likeness (QED) is 0.794. The molecule has 6 nitrogen and oxygen atoms in total. The standard InChI is InChI=1S/C18H20FN3O3/c1-4-8(2)22-15(23)13-9(3)21-18(14(13)16(22)24)11-7-10(19)5-6-12(11)20-17(18)25/h5-9,13-14,21H,4H2,1-3H3,(H,20,25)/t8-,9+,13+,14-,18+/m0/s1. The van der Waals surface area contributed by atoms with Gasteiger partial charge in [-0.2, -0.15) is 0 Å². The number of carbonyl (C=O) groups excluding carboxylic acids is 3. The zero-order valence-electron chi connectivity index (χ0n) is 14.3. The first-order chi connectivity index (χ1) is 11.8. The van der Waals surface area contributed by atoms with Gasteiger partial charge in [0.05, 0.1) is 11.8 Å². The average Bonchev–Trinajstić information content (AvgIpc) is 3.12. The van der Waals surface area contributed by atoms with Crippen molar-refractivity contribution in [3.8, 4) is 0 Å². The van der Waals surface area contributed by atoms with E-state index in [9.17, 15) is 18.8 Å². The molecule has 3 aliphatic rings. The van der Waals surface area contributed by atoms with Crippen molar-refractivity contribution in [1.82, 2.24) is 10.2 Å². The predicted molar refractivity (Wildman–Crippen MR) is 87.9 cm³/mol. The van der Waals surface area contributed by atoms with E-state index in [4.69, 9.17) is 0 Å². The molecule has 0 bridgehead atoms. The average molecular weight is 345 g/mol. The van der Waals surface area contributed by atoms with Gasteiger partial charge in [0, 0.05) is 23.3 Å². The third kappa shape index (κ3) is 1.84. The fourth-order valence-electron chi connectivity index (χ4n) is 4.58. The van der Waals surface area contributed by atoms with E-state index in [1.165, 1.54) is 23.1 Å². The number of hydrogen-bond acceptors (Lipinski definition) is 4. The summed E-state index contributed by atoms with van der Waals surface area (Å²) in [6.07, 6.45) is 0.642. The Labute approximate surface area is 144 Å². The maximum Gasteiger partial charge on any atom is 0.250 e. The number of nitrogens with zero attached hydrogens (tertiary/aromatic N) is 1. The Bertz CT molecular complexity index is 811. The fourth-order valence-corrected chi connectivity index (χ4v) is 4.58. The van der Waals surface area contributed by atoms with E-state index in [1.807, 2.05) is 13.8 Å². The van der Waals surface area contributed by atoms with Gasteiger partial charge in [-0.05, 0) is 38.5 Å². The Morgan fingerprint density at radius 1 is 1.28 bits per heavy atom. The topological polar surface area (TPSA) is 78.5 Å². The van der Waals surface area contributed by atoms with Crippen molar-refractivity contribution in [1.29, 1.82) is 0 Å². The summed E-state index contributed by atoms with van der Waals surface area (Å²) in [5.74, 6) is -2.97. The first-order valence-electron chi connectivity index (χ1n) is 8.59. The molecule has 4 rings (SSSR count). The first kappa shape index (κ1) is 16.2. The van der Waals surface area contributed by atoms with Crippen LogP contribution in [0.25, 0.3) is 0 Å². The number of amides is 3. The van der Waals surface area contributed by atoms with Crippen LogP contribution in [0.5, 0.6) is 0 Å². The maximum atomic E-state index is 13.9. The van der Waals surface area contributed by atoms with Gasteiger partial charge < -0.3 is 5.32 Å². The summed E-state index contributed by atoms with van der Waals surface area (Å²) >= 11 is 0. The van der Waals surface area contributed by atoms with Crippen molar-refractivity contribution in [3.63, 3.8) is 0 Å². The Morgan fingerprint density at radius 3 is 2.68 bits per heavy atom. The first-order valence-corrected chi connectivity index (χ1v) is 8.59. The molecule has 0 radical (unpaired) electrons. The van der Waals surface area contributed by atoms with Crippen molar-refractivity contribution in [3.05, 3.63) is 29.6 Å². The summed E-state index contributed by atoms with van der Waals surface area (Å²) in [5, 5.41) is 5.89. The predicted octanol–water partition coefficient (Wildman–Crippen LogP) is 1.36. The van der Waals surface area contributed by atoms with Crippen molar-refractivity contribution >= 4 is 23.4 Å². The van der Waals surface area contributed by atoms with Gasteiger partial charge >= 0.3 is 0 Å². The third-order valence-electron chi connectivity index (χ3n) is 5.89. The Balaban J connectivity index is 1.89. The van der Waals surface area contributed by atoms with E-state index < -0.39 is 29.1 Å². The lowest BCUT2D eigenvalue weighted by Gasteiger charge is -2.30. The minimum atomic E-state index is -1.39. The van der Waals surface area contributed by atoms with Gasteiger partial charge in [0.15, 0.2) is 0 Å². The number of benzene rings is 1. The molecule has 0 unspecified atom stereocenters. The number of rotatable bonds is 2. The lowest BCUT2D eigenvalue weighted by molar-refractivity contribution is -0.145. The monoisotopic (exact) mass is 345 g/mol. The highest BCUT2D eigenvalue weighted by molar-refractivity contribution is 6.15. The number of anilines is 1. The SMILES string of the molecule is CC[C@H](C)N1C(=O)[C@H]2[C@@H](C1=O)[C@@]1(N[C@@H]2C)C(=O)Nc2ccc(F)cc21. The minimum Gasteiger partial charge on any atom is -0.324 e. The molecule has 25 heavy (non-hydrogen) atoms. The van der Waals surface area contributed by atoms with E-state index in [0.29, 0.717) is 17.7 Å². The molecule has 2 N–H and O–H groups in total. The molecule has 2 saturated heterocycles. The fraction of sp³-hybridized carbons (Fsp3) is 0.500. The van der Waals surface area contributed by atoms with Crippen LogP contribution in [0.4, 0.5) is 10.1 Å². The molecular weight excluding hydrogens is 325 g/mol. The van der Waals surface area contributed by atoms with Crippen LogP contribution in [0, 0.1) is 17.7 Å². The Hall–Kier alpha value is -2.28. The number of halogens is 1. The van der Waals surface area contributed by atoms with Crippen molar-refractivity contribution in [2.24, 2.45) is 11.8 Å². The second kappa shape index (κ2) is 5.11. The summed E-state index contributed by atoms with van der Waals surface area (Å²) in [4.78, 5) is 40.2. The molecule has 5 atom stereocenters. The molecule has 1 aromatic carbocycles. The van der Waals surface area contributed by atoms with Crippen LogP contribution in [-0.2, 0) is 19.9 Å². The third-order valence-corrected chi connectivity index (χ3v) is 5.89. The molecule has 0 aromatic heterocycles. The molecule has 3 aliphatic heterocycles. The minimum absolute atomic E-state index is 0.230. The molecule has 7 heteroatoms. The maximum absolute atomic E-state index is 13.9. The molecule has 0 saturated carbocycles. The molecule has 0 aliphatic carbocycles. The van der Waals surface area contributed by atoms with Crippen LogP contribution in [0.15, 0.2) is 18.2 Å². The number of hydrogen-bond donors (Lipinski definition) is 2. The Morgan fingerprint density at radius 2 is 2.00 bits per heavy atom. The lowest BCUT2D eigenvalue weighted by atomic mass is 9.76. The highest BCUT2D eigenvalue weighted by Gasteiger charge is 2.70. The summed E-state index contributed by atoms with van der Waals surface area (Å²) < 4.78 is 13.9. The van der Waals surface area contributed by atoms with E-state index in [0.717, 1.165) is 0 Å². The van der Waals surface area contributed by atoms with Gasteiger partial charge in [-0.25, -0.2) is 4.39 Å². The second-order valence-corrected chi connectivity index (χ2v) is 7.19. The van der Waals surface area contributed by atoms with Crippen LogP contribution in [-0.4, -0.2) is 34.7 Å². The van der Waals surface area contributed by atoms with Crippen molar-refractivity contribution in [2.45, 2.75) is 44.8 Å². The highest BCUT2D eigenvalue weighted by atomic mass is 19.1. The summed E-state index contributed by atoms with van der Waals surface area (Å²) in [6.45, 7) is 5.52. The van der Waals surface area contributed by atoms with E-state index in [1.54, 1.807) is 6.92 Å². The smallest absolute Gasteiger partial charge is 0.250 e. The van der Waals surface area contributed by atoms with Crippen LogP contribution < -0.4 is 10.6 Å². The number of nitrogens with one attached hydrogen (secondary N) is 2. The zero-order chi connectivity index (χ0) is 18.1. The largest absolute Gasteiger partial charge is 0.324 e. The number of likely N-dealkylation sites (tertiary alicyclic amines) is 1. The zero-order valence-corrected chi connectivity index (χ0v) is 14.3. The van der Waals surface area contributed by atoms with E-state index in [-0.39, 0.29) is 23.9 Å². The molecule has 132 valence electrons. The second-order valence-electron chi connectivity index (χ2n) is 7.19. The van der Waals surface area contributed by atoms with E-state index >= 15 is 0 Å². The molecular formula is C18H20FN3O3. The van der Waals surface area contributed by atoms with Gasteiger partial charge in [-0.15, -0.1) is 0 Å². The molecule has 3 amide bonds. The number of imide groups is 1. The summed E-state index contributed by atoms with van der Waals surface area (Å²) in [5.41, 5.74) is -0.505. The van der Waals surface area contributed by atoms with Gasteiger partial charge in [-0.3, -0.25) is 24.6 Å². The molecule has 1 spiro atoms. The summed E-state index contributed by atoms with van der Waals surface area (Å²) in [6, 6.07) is 3.44. The van der Waals surface area contributed by atoms with E-state index in [2.05, 4.69) is 10.6 Å². The van der Waals surface area contributed by atoms with Crippen molar-refractivity contribution in [2.75, 3.05) is 5.32 Å². The normalized spacial score (nSPS) is 34.5. The van der Waals surface area contributed by atoms with Crippen molar-refractivity contribution < 1.29 is 18.8 Å². The van der Waals surface area contributed by atoms with Crippen LogP contribution >= 0.6 is 0 Å². The van der Waals surface area contributed by atoms with Crippen LogP contribution in [0.1, 0.15) is 32.8 Å². The molecule has 1 aromatic rings.